The summed E-state index contributed by atoms with van der Waals surface area (Å²) in [6.07, 6.45) is 0.334. The van der Waals surface area contributed by atoms with E-state index >= 15 is 0 Å². The number of rotatable bonds is 1. The number of hydrogen-bond acceptors (Lipinski definition) is 3. The molecule has 0 aliphatic carbocycles. The number of nitrogens with two attached hydrogens (primary N) is 1. The smallest absolute Gasteiger partial charge is 0.228 e. The van der Waals surface area contributed by atoms with Gasteiger partial charge in [-0.2, -0.15) is 5.26 Å². The molecule has 0 aromatic heterocycles. The predicted octanol–water partition coefficient (Wildman–Crippen LogP) is 1.48. The van der Waals surface area contributed by atoms with Gasteiger partial charge in [0.2, 0.25) is 5.91 Å². The summed E-state index contributed by atoms with van der Waals surface area (Å²) in [5.74, 6) is -0.0311. The summed E-state index contributed by atoms with van der Waals surface area (Å²) in [5.41, 5.74) is 7.34. The van der Waals surface area contributed by atoms with Crippen LogP contribution in [0.4, 0.5) is 11.4 Å². The van der Waals surface area contributed by atoms with E-state index in [-0.39, 0.29) is 11.3 Å². The van der Waals surface area contributed by atoms with Crippen LogP contribution in [0.25, 0.3) is 0 Å². The zero-order valence-electron chi connectivity index (χ0n) is 8.48. The lowest BCUT2D eigenvalue weighted by Gasteiger charge is -2.17. The molecule has 5 heteroatoms. The van der Waals surface area contributed by atoms with Gasteiger partial charge in [-0.3, -0.25) is 4.79 Å². The summed E-state index contributed by atoms with van der Waals surface area (Å²) in [6, 6.07) is 6.88. The fraction of sp³-hybridized carbons (Fsp3) is 0.273. The predicted molar refractivity (Wildman–Crippen MR) is 62.2 cm³/mol. The molecule has 4 nitrogen and oxygen atoms in total. The maximum Gasteiger partial charge on any atom is 0.228 e. The minimum absolute atomic E-state index is 0.0311. The van der Waals surface area contributed by atoms with Crippen molar-refractivity contribution in [2.75, 3.05) is 17.2 Å². The molecule has 2 rings (SSSR count). The third-order valence-corrected chi connectivity index (χ3v) is 2.82. The van der Waals surface area contributed by atoms with Gasteiger partial charge in [-0.15, -0.1) is 11.6 Å². The number of benzene rings is 1. The summed E-state index contributed by atoms with van der Waals surface area (Å²) >= 11 is 5.91. The number of amides is 1. The molecular formula is C11H10ClN3O. The van der Waals surface area contributed by atoms with Gasteiger partial charge in [0.1, 0.15) is 0 Å². The second-order valence-corrected chi connectivity index (χ2v) is 4.31. The first kappa shape index (κ1) is 10.8. The molecule has 16 heavy (non-hydrogen) atoms. The van der Waals surface area contributed by atoms with Crippen molar-refractivity contribution >= 4 is 28.9 Å². The van der Waals surface area contributed by atoms with Gasteiger partial charge in [0, 0.05) is 13.0 Å². The number of carbonyl (C=O) groups is 1. The highest BCUT2D eigenvalue weighted by molar-refractivity contribution is 6.24. The summed E-state index contributed by atoms with van der Waals surface area (Å²) in [5, 5.41) is 8.54. The van der Waals surface area contributed by atoms with E-state index in [1.165, 1.54) is 0 Å². The second kappa shape index (κ2) is 4.03. The van der Waals surface area contributed by atoms with Gasteiger partial charge in [-0.05, 0) is 18.2 Å². The van der Waals surface area contributed by atoms with Crippen LogP contribution < -0.4 is 10.6 Å². The molecule has 0 bridgehead atoms. The monoisotopic (exact) mass is 235 g/mol. The van der Waals surface area contributed by atoms with Gasteiger partial charge in [-0.25, -0.2) is 0 Å². The highest BCUT2D eigenvalue weighted by atomic mass is 35.5. The highest BCUT2D eigenvalue weighted by Crippen LogP contribution is 2.29. The summed E-state index contributed by atoms with van der Waals surface area (Å²) < 4.78 is 0. The summed E-state index contributed by atoms with van der Waals surface area (Å²) in [4.78, 5) is 13.2. The third kappa shape index (κ3) is 1.82. The van der Waals surface area contributed by atoms with Crippen LogP contribution in [0.1, 0.15) is 12.0 Å². The molecule has 1 aliphatic heterocycles. The fourth-order valence-electron chi connectivity index (χ4n) is 1.77. The Kier molecular flexibility index (Phi) is 2.71. The van der Waals surface area contributed by atoms with Crippen LogP contribution in [0.15, 0.2) is 18.2 Å². The molecule has 2 N–H and O–H groups in total. The van der Waals surface area contributed by atoms with Crippen molar-refractivity contribution in [2.45, 2.75) is 11.8 Å². The SMILES string of the molecule is N#Cc1ccc(N2CC(Cl)CC2=O)c(N)c1. The van der Waals surface area contributed by atoms with E-state index in [1.54, 1.807) is 23.1 Å². The average Bonchev–Trinajstić information content (AvgIpc) is 2.57. The van der Waals surface area contributed by atoms with E-state index in [0.29, 0.717) is 29.9 Å². The van der Waals surface area contributed by atoms with Crippen molar-refractivity contribution in [3.05, 3.63) is 23.8 Å². The van der Waals surface area contributed by atoms with Crippen LogP contribution in [-0.2, 0) is 4.79 Å². The number of nitrogens with zero attached hydrogens (tertiary/aromatic N) is 2. The largest absolute Gasteiger partial charge is 0.397 e. The molecule has 1 amide bonds. The number of nitriles is 1. The first-order valence-corrected chi connectivity index (χ1v) is 5.29. The Morgan fingerprint density at radius 1 is 1.56 bits per heavy atom. The van der Waals surface area contributed by atoms with Crippen LogP contribution >= 0.6 is 11.6 Å². The Morgan fingerprint density at radius 2 is 2.31 bits per heavy atom. The first-order valence-electron chi connectivity index (χ1n) is 4.86. The molecule has 0 saturated carbocycles. The molecule has 1 saturated heterocycles. The van der Waals surface area contributed by atoms with Gasteiger partial charge in [0.25, 0.3) is 0 Å². The zero-order valence-corrected chi connectivity index (χ0v) is 9.24. The quantitative estimate of drug-likeness (QED) is 0.592. The van der Waals surface area contributed by atoms with E-state index < -0.39 is 0 Å². The highest BCUT2D eigenvalue weighted by Gasteiger charge is 2.30. The topological polar surface area (TPSA) is 70.1 Å². The van der Waals surface area contributed by atoms with Crippen LogP contribution in [-0.4, -0.2) is 17.8 Å². The van der Waals surface area contributed by atoms with E-state index in [4.69, 9.17) is 22.6 Å². The van der Waals surface area contributed by atoms with Gasteiger partial charge < -0.3 is 10.6 Å². The van der Waals surface area contributed by atoms with Crippen LogP contribution in [0, 0.1) is 11.3 Å². The standard InChI is InChI=1S/C11H10ClN3O/c12-8-4-11(16)15(6-8)10-2-1-7(5-13)3-9(10)14/h1-3,8H,4,6,14H2. The minimum atomic E-state index is -0.164. The number of halogens is 1. The van der Waals surface area contributed by atoms with Gasteiger partial charge >= 0.3 is 0 Å². The van der Waals surface area contributed by atoms with Crippen LogP contribution in [0.2, 0.25) is 0 Å². The van der Waals surface area contributed by atoms with Crippen molar-refractivity contribution < 1.29 is 4.79 Å². The Hall–Kier alpha value is -1.73. The van der Waals surface area contributed by atoms with Crippen molar-refractivity contribution in [3.63, 3.8) is 0 Å². The van der Waals surface area contributed by atoms with Gasteiger partial charge in [0.15, 0.2) is 0 Å². The lowest BCUT2D eigenvalue weighted by atomic mass is 10.2. The van der Waals surface area contributed by atoms with E-state index in [0.717, 1.165) is 0 Å². The molecule has 1 unspecified atom stereocenters. The molecular weight excluding hydrogens is 226 g/mol. The normalized spacial score (nSPS) is 19.9. The Bertz CT molecular complexity index is 481. The zero-order chi connectivity index (χ0) is 11.7. The Balaban J connectivity index is 2.35. The lowest BCUT2D eigenvalue weighted by Crippen LogP contribution is -2.25. The maximum atomic E-state index is 11.6. The Morgan fingerprint density at radius 3 is 2.81 bits per heavy atom. The molecule has 1 aliphatic rings. The van der Waals surface area contributed by atoms with Crippen molar-refractivity contribution in [1.29, 1.82) is 5.26 Å². The average molecular weight is 236 g/mol. The van der Waals surface area contributed by atoms with E-state index in [2.05, 4.69) is 0 Å². The molecule has 1 atom stereocenters. The molecule has 1 fully saturated rings. The number of hydrogen-bond donors (Lipinski definition) is 1. The second-order valence-electron chi connectivity index (χ2n) is 3.69. The Labute approximate surface area is 98.2 Å². The van der Waals surface area contributed by atoms with E-state index in [1.807, 2.05) is 6.07 Å². The summed E-state index contributed by atoms with van der Waals surface area (Å²) in [7, 11) is 0. The van der Waals surface area contributed by atoms with Gasteiger partial charge in [-0.1, -0.05) is 0 Å². The van der Waals surface area contributed by atoms with Crippen molar-refractivity contribution in [2.24, 2.45) is 0 Å². The molecule has 1 heterocycles. The van der Waals surface area contributed by atoms with Crippen LogP contribution in [0.3, 0.4) is 0 Å². The molecule has 0 radical (unpaired) electrons. The fourth-order valence-corrected chi connectivity index (χ4v) is 2.04. The third-order valence-electron chi connectivity index (χ3n) is 2.53. The van der Waals surface area contributed by atoms with Crippen molar-refractivity contribution in [1.82, 2.24) is 0 Å². The van der Waals surface area contributed by atoms with Gasteiger partial charge in [0.05, 0.1) is 28.4 Å². The molecule has 82 valence electrons. The van der Waals surface area contributed by atoms with Crippen LogP contribution in [0.5, 0.6) is 0 Å². The lowest BCUT2D eigenvalue weighted by molar-refractivity contribution is -0.117. The number of nitrogen functional groups attached to an aromatic ring is 1. The maximum absolute atomic E-state index is 11.6. The number of anilines is 2. The van der Waals surface area contributed by atoms with E-state index in [9.17, 15) is 4.79 Å². The number of carbonyl (C=O) groups excluding carboxylic acids is 1. The molecule has 0 spiro atoms. The van der Waals surface area contributed by atoms with Crippen molar-refractivity contribution in [3.8, 4) is 6.07 Å². The number of alkyl halides is 1. The molecule has 1 aromatic carbocycles. The first-order chi connectivity index (χ1) is 7.61. The minimum Gasteiger partial charge on any atom is -0.397 e. The molecule has 1 aromatic rings. The summed E-state index contributed by atoms with van der Waals surface area (Å²) in [6.45, 7) is 0.469.